The van der Waals surface area contributed by atoms with Gasteiger partial charge in [0.15, 0.2) is 0 Å². The molecule has 1 aromatic heterocycles. The van der Waals surface area contributed by atoms with Crippen LogP contribution < -0.4 is 0 Å². The topological polar surface area (TPSA) is 55.1 Å². The Hall–Kier alpha value is -1.55. The lowest BCUT2D eigenvalue weighted by Crippen LogP contribution is -2.12. The summed E-state index contributed by atoms with van der Waals surface area (Å²) < 4.78 is 1.77. The predicted octanol–water partition coefficient (Wildman–Crippen LogP) is 2.67. The Morgan fingerprint density at radius 3 is 2.65 bits per heavy atom. The van der Waals surface area contributed by atoms with Gasteiger partial charge in [0.1, 0.15) is 12.4 Å². The van der Waals surface area contributed by atoms with Crippen LogP contribution in [0.1, 0.15) is 25.6 Å². The van der Waals surface area contributed by atoms with Crippen molar-refractivity contribution in [2.24, 2.45) is 0 Å². The molecule has 0 unspecified atom stereocenters. The molecule has 0 atom stereocenters. The highest BCUT2D eigenvalue weighted by Gasteiger charge is 2.14. The molecule has 0 amide bonds. The molecule has 0 fully saturated rings. The molecule has 17 heavy (non-hydrogen) atoms. The first kappa shape index (κ1) is 13.5. The minimum atomic E-state index is -0.843. The van der Waals surface area contributed by atoms with E-state index < -0.39 is 5.97 Å². The van der Waals surface area contributed by atoms with Gasteiger partial charge in [0.05, 0.1) is 11.0 Å². The molecule has 0 saturated carbocycles. The van der Waals surface area contributed by atoms with Crippen LogP contribution in [0.5, 0.6) is 0 Å². The second-order valence-corrected chi connectivity index (χ2v) is 4.09. The molecule has 4 nitrogen and oxygen atoms in total. The summed E-state index contributed by atoms with van der Waals surface area (Å²) in [6.45, 7) is 3.99. The molecule has 92 valence electrons. The van der Waals surface area contributed by atoms with Crippen LogP contribution in [0.2, 0.25) is 0 Å². The zero-order valence-electron chi connectivity index (χ0n) is 9.75. The van der Waals surface area contributed by atoms with Crippen LogP contribution in [0.3, 0.4) is 0 Å². The molecule has 2 rings (SSSR count). The number of carbonyl (C=O) groups is 1. The van der Waals surface area contributed by atoms with Crippen LogP contribution in [0.4, 0.5) is 0 Å². The number of carboxylic acids is 1. The fourth-order valence-electron chi connectivity index (χ4n) is 1.84. The molecule has 0 spiro atoms. The summed E-state index contributed by atoms with van der Waals surface area (Å²) in [5, 5.41) is 8.90. The number of nitrogens with zero attached hydrogens (tertiary/aromatic N) is 2. The zero-order valence-corrected chi connectivity index (χ0v) is 10.6. The molecular formula is C12H15ClN2O2. The van der Waals surface area contributed by atoms with Crippen molar-refractivity contribution in [2.45, 2.75) is 26.3 Å². The molecule has 0 aliphatic heterocycles. The lowest BCUT2D eigenvalue weighted by Gasteiger charge is -2.08. The molecule has 0 saturated heterocycles. The van der Waals surface area contributed by atoms with E-state index in [0.29, 0.717) is 0 Å². The number of fused-ring (bicyclic) bond motifs is 1. The molecule has 1 N–H and O–H groups in total. The number of carboxylic acid groups (broad SMARTS) is 1. The van der Waals surface area contributed by atoms with Crippen LogP contribution in [0.15, 0.2) is 24.3 Å². The van der Waals surface area contributed by atoms with Crippen molar-refractivity contribution < 1.29 is 9.90 Å². The van der Waals surface area contributed by atoms with Gasteiger partial charge in [-0.15, -0.1) is 12.4 Å². The van der Waals surface area contributed by atoms with Gasteiger partial charge in [-0.05, 0) is 12.1 Å². The third-order valence-electron chi connectivity index (χ3n) is 2.49. The predicted molar refractivity (Wildman–Crippen MR) is 68.7 cm³/mol. The van der Waals surface area contributed by atoms with Gasteiger partial charge in [0.25, 0.3) is 0 Å². The van der Waals surface area contributed by atoms with E-state index in [9.17, 15) is 4.79 Å². The van der Waals surface area contributed by atoms with E-state index >= 15 is 0 Å². The van der Waals surface area contributed by atoms with E-state index in [-0.39, 0.29) is 24.9 Å². The summed E-state index contributed by atoms with van der Waals surface area (Å²) in [4.78, 5) is 15.3. The monoisotopic (exact) mass is 254 g/mol. The molecule has 0 aliphatic carbocycles. The zero-order chi connectivity index (χ0) is 11.7. The summed E-state index contributed by atoms with van der Waals surface area (Å²) >= 11 is 0. The SMILES string of the molecule is CC(C)c1nc2ccccc2n1CC(=O)O.Cl. The number of aliphatic carboxylic acids is 1. The first-order valence-corrected chi connectivity index (χ1v) is 5.26. The van der Waals surface area contributed by atoms with Crippen molar-refractivity contribution in [3.05, 3.63) is 30.1 Å². The average molecular weight is 255 g/mol. The molecule has 0 aliphatic rings. The molecule has 0 radical (unpaired) electrons. The number of hydrogen-bond acceptors (Lipinski definition) is 2. The molecule has 5 heteroatoms. The van der Waals surface area contributed by atoms with Gasteiger partial charge in [-0.3, -0.25) is 4.79 Å². The maximum absolute atomic E-state index is 10.8. The summed E-state index contributed by atoms with van der Waals surface area (Å²) in [5.41, 5.74) is 1.74. The van der Waals surface area contributed by atoms with E-state index in [0.717, 1.165) is 16.9 Å². The maximum atomic E-state index is 10.8. The molecule has 2 aromatic rings. The number of para-hydroxylation sites is 2. The van der Waals surface area contributed by atoms with Gasteiger partial charge in [-0.2, -0.15) is 0 Å². The van der Waals surface area contributed by atoms with E-state index in [1.807, 2.05) is 38.1 Å². The second-order valence-electron chi connectivity index (χ2n) is 4.09. The second kappa shape index (κ2) is 5.19. The fraction of sp³-hybridized carbons (Fsp3) is 0.333. The first-order chi connectivity index (χ1) is 7.59. The molecule has 1 aromatic carbocycles. The summed E-state index contributed by atoms with van der Waals surface area (Å²) in [6, 6.07) is 7.60. The Bertz CT molecular complexity index is 534. The van der Waals surface area contributed by atoms with Crippen molar-refractivity contribution in [1.82, 2.24) is 9.55 Å². The smallest absolute Gasteiger partial charge is 0.323 e. The van der Waals surface area contributed by atoms with Crippen LogP contribution in [0, 0.1) is 0 Å². The van der Waals surface area contributed by atoms with Gasteiger partial charge in [-0.1, -0.05) is 26.0 Å². The van der Waals surface area contributed by atoms with Crippen molar-refractivity contribution in [3.63, 3.8) is 0 Å². The number of benzene rings is 1. The van der Waals surface area contributed by atoms with E-state index in [2.05, 4.69) is 4.98 Å². The van der Waals surface area contributed by atoms with Crippen LogP contribution in [0.25, 0.3) is 11.0 Å². The quantitative estimate of drug-likeness (QED) is 0.916. The average Bonchev–Trinajstić information content (AvgIpc) is 2.57. The van der Waals surface area contributed by atoms with Crippen molar-refractivity contribution in [2.75, 3.05) is 0 Å². The lowest BCUT2D eigenvalue weighted by atomic mass is 10.2. The van der Waals surface area contributed by atoms with Gasteiger partial charge in [-0.25, -0.2) is 4.98 Å². The standard InChI is InChI=1S/C12H14N2O2.ClH/c1-8(2)12-13-9-5-3-4-6-10(9)14(12)7-11(15)16;/h3-6,8H,7H2,1-2H3,(H,15,16);1H. The Balaban J connectivity index is 0.00000144. The molecule has 1 heterocycles. The lowest BCUT2D eigenvalue weighted by molar-refractivity contribution is -0.137. The highest BCUT2D eigenvalue weighted by Crippen LogP contribution is 2.21. The number of rotatable bonds is 3. The van der Waals surface area contributed by atoms with Crippen LogP contribution in [-0.4, -0.2) is 20.6 Å². The summed E-state index contributed by atoms with van der Waals surface area (Å²) in [6.07, 6.45) is 0. The molecular weight excluding hydrogens is 240 g/mol. The van der Waals surface area contributed by atoms with Gasteiger partial charge >= 0.3 is 5.97 Å². The number of imidazole rings is 1. The minimum absolute atomic E-state index is 0. The largest absolute Gasteiger partial charge is 0.480 e. The normalized spacial score (nSPS) is 10.5. The third kappa shape index (κ3) is 2.58. The van der Waals surface area contributed by atoms with Gasteiger partial charge < -0.3 is 9.67 Å². The Morgan fingerprint density at radius 1 is 1.41 bits per heavy atom. The van der Waals surface area contributed by atoms with E-state index in [4.69, 9.17) is 5.11 Å². The van der Waals surface area contributed by atoms with E-state index in [1.165, 1.54) is 0 Å². The molecule has 0 bridgehead atoms. The number of halogens is 1. The third-order valence-corrected chi connectivity index (χ3v) is 2.49. The van der Waals surface area contributed by atoms with Crippen LogP contribution >= 0.6 is 12.4 Å². The summed E-state index contributed by atoms with van der Waals surface area (Å²) in [5.74, 6) is 0.195. The minimum Gasteiger partial charge on any atom is -0.480 e. The van der Waals surface area contributed by atoms with Crippen LogP contribution in [-0.2, 0) is 11.3 Å². The van der Waals surface area contributed by atoms with E-state index in [1.54, 1.807) is 4.57 Å². The highest BCUT2D eigenvalue weighted by atomic mass is 35.5. The Labute approximate surface area is 106 Å². The Kier molecular flexibility index (Phi) is 4.12. The van der Waals surface area contributed by atoms with Crippen molar-refractivity contribution in [1.29, 1.82) is 0 Å². The summed E-state index contributed by atoms with van der Waals surface area (Å²) in [7, 11) is 0. The highest BCUT2D eigenvalue weighted by molar-refractivity contribution is 5.85. The number of aromatic nitrogens is 2. The van der Waals surface area contributed by atoms with Crippen molar-refractivity contribution >= 4 is 29.4 Å². The van der Waals surface area contributed by atoms with Crippen molar-refractivity contribution in [3.8, 4) is 0 Å². The van der Waals surface area contributed by atoms with Gasteiger partial charge in [0, 0.05) is 5.92 Å². The van der Waals surface area contributed by atoms with Gasteiger partial charge in [0.2, 0.25) is 0 Å². The number of hydrogen-bond donors (Lipinski definition) is 1. The first-order valence-electron chi connectivity index (χ1n) is 5.26. The fourth-order valence-corrected chi connectivity index (χ4v) is 1.84. The Morgan fingerprint density at radius 2 is 2.06 bits per heavy atom. The maximum Gasteiger partial charge on any atom is 0.323 e.